The molecule has 26 heavy (non-hydrogen) atoms. The highest BCUT2D eigenvalue weighted by atomic mass is 16.5. The maximum Gasteiger partial charge on any atom is 0.332 e. The molecule has 0 radical (unpaired) electrons. The quantitative estimate of drug-likeness (QED) is 0.794. The molecule has 0 bridgehead atoms. The topological polar surface area (TPSA) is 46.6 Å². The zero-order valence-electron chi connectivity index (χ0n) is 14.9. The molecule has 2 aromatic carbocycles. The zero-order valence-corrected chi connectivity index (χ0v) is 14.9. The van der Waals surface area contributed by atoms with Gasteiger partial charge in [0, 0.05) is 5.92 Å². The van der Waals surface area contributed by atoms with Gasteiger partial charge in [0.1, 0.15) is 12.1 Å². The van der Waals surface area contributed by atoms with Crippen molar-refractivity contribution >= 4 is 11.9 Å². The third-order valence-electron chi connectivity index (χ3n) is 5.79. The van der Waals surface area contributed by atoms with Crippen molar-refractivity contribution in [3.8, 4) is 0 Å². The number of rotatable bonds is 4. The minimum atomic E-state index is -0.838. The van der Waals surface area contributed by atoms with Crippen molar-refractivity contribution in [2.24, 2.45) is 5.92 Å². The van der Waals surface area contributed by atoms with E-state index < -0.39 is 5.54 Å². The molecule has 0 aromatic heterocycles. The predicted octanol–water partition coefficient (Wildman–Crippen LogP) is 3.52. The number of fused-ring (bicyclic) bond motifs is 1. The minimum Gasteiger partial charge on any atom is -0.461 e. The van der Waals surface area contributed by atoms with Crippen LogP contribution in [0.4, 0.5) is 0 Å². The van der Waals surface area contributed by atoms with Crippen molar-refractivity contribution in [3.05, 3.63) is 71.8 Å². The molecule has 0 spiro atoms. The number of carbonyl (C=O) groups is 2. The normalized spacial score (nSPS) is 28.0. The lowest BCUT2D eigenvalue weighted by atomic mass is 9.85. The Morgan fingerprint density at radius 1 is 1.04 bits per heavy atom. The van der Waals surface area contributed by atoms with Gasteiger partial charge in [-0.25, -0.2) is 4.79 Å². The summed E-state index contributed by atoms with van der Waals surface area (Å²) in [6.45, 7) is 2.20. The van der Waals surface area contributed by atoms with Gasteiger partial charge in [-0.15, -0.1) is 0 Å². The van der Waals surface area contributed by atoms with Crippen molar-refractivity contribution in [1.82, 2.24) is 4.90 Å². The third kappa shape index (κ3) is 2.61. The fourth-order valence-electron chi connectivity index (χ4n) is 4.44. The summed E-state index contributed by atoms with van der Waals surface area (Å²) in [7, 11) is 0. The SMILES string of the molecule is CC[C@@]12C[C@@H](Cc3ccccc3)C(=O)N1[C@@H](c1ccccc1)COC2=O. The van der Waals surface area contributed by atoms with E-state index in [1.807, 2.05) is 72.5 Å². The van der Waals surface area contributed by atoms with Gasteiger partial charge in [0.25, 0.3) is 0 Å². The Morgan fingerprint density at radius 2 is 1.69 bits per heavy atom. The first kappa shape index (κ1) is 16.8. The van der Waals surface area contributed by atoms with E-state index in [0.717, 1.165) is 11.1 Å². The standard InChI is InChI=1S/C22H23NO3/c1-2-22-14-18(13-16-9-5-3-6-10-16)20(24)23(22)19(15-26-21(22)25)17-11-7-4-8-12-17/h3-12,18-19H,2,13-15H2,1H3/t18-,19-,22+/m1/s1. The molecule has 0 unspecified atom stereocenters. The Kier molecular flexibility index (Phi) is 4.27. The van der Waals surface area contributed by atoms with Gasteiger partial charge in [-0.2, -0.15) is 0 Å². The number of carbonyl (C=O) groups excluding carboxylic acids is 2. The van der Waals surface area contributed by atoms with Crippen LogP contribution in [0.3, 0.4) is 0 Å². The van der Waals surface area contributed by atoms with Crippen LogP contribution in [-0.4, -0.2) is 28.9 Å². The molecule has 2 heterocycles. The number of morpholine rings is 1. The second-order valence-electron chi connectivity index (χ2n) is 7.21. The van der Waals surface area contributed by atoms with E-state index in [2.05, 4.69) is 0 Å². The molecule has 2 aliphatic rings. The van der Waals surface area contributed by atoms with Gasteiger partial charge in [0.15, 0.2) is 0 Å². The summed E-state index contributed by atoms with van der Waals surface area (Å²) in [5.41, 5.74) is 1.31. The highest BCUT2D eigenvalue weighted by molar-refractivity contribution is 5.94. The monoisotopic (exact) mass is 349 g/mol. The smallest absolute Gasteiger partial charge is 0.332 e. The minimum absolute atomic E-state index is 0.0706. The second kappa shape index (κ2) is 6.60. The van der Waals surface area contributed by atoms with E-state index in [4.69, 9.17) is 4.74 Å². The molecule has 4 heteroatoms. The molecule has 4 nitrogen and oxygen atoms in total. The van der Waals surface area contributed by atoms with E-state index in [1.54, 1.807) is 0 Å². The lowest BCUT2D eigenvalue weighted by Gasteiger charge is -2.44. The number of ether oxygens (including phenoxy) is 1. The highest BCUT2D eigenvalue weighted by Crippen LogP contribution is 2.47. The molecule has 2 aliphatic heterocycles. The van der Waals surface area contributed by atoms with E-state index in [1.165, 1.54) is 0 Å². The van der Waals surface area contributed by atoms with Gasteiger partial charge in [0.05, 0.1) is 6.04 Å². The third-order valence-corrected chi connectivity index (χ3v) is 5.79. The number of amides is 1. The van der Waals surface area contributed by atoms with E-state index in [-0.39, 0.29) is 30.4 Å². The van der Waals surface area contributed by atoms with Crippen LogP contribution in [0.15, 0.2) is 60.7 Å². The molecule has 2 fully saturated rings. The average molecular weight is 349 g/mol. The Labute approximate surface area is 153 Å². The summed E-state index contributed by atoms with van der Waals surface area (Å²) in [5, 5.41) is 0. The van der Waals surface area contributed by atoms with Crippen LogP contribution in [0.5, 0.6) is 0 Å². The van der Waals surface area contributed by atoms with Gasteiger partial charge in [-0.1, -0.05) is 67.6 Å². The van der Waals surface area contributed by atoms with Crippen LogP contribution >= 0.6 is 0 Å². The second-order valence-corrected chi connectivity index (χ2v) is 7.21. The molecule has 2 aromatic rings. The molecule has 0 saturated carbocycles. The first-order chi connectivity index (χ1) is 12.7. The van der Waals surface area contributed by atoms with Gasteiger partial charge in [-0.05, 0) is 30.4 Å². The van der Waals surface area contributed by atoms with Crippen LogP contribution in [0.2, 0.25) is 0 Å². The van der Waals surface area contributed by atoms with Crippen molar-refractivity contribution in [1.29, 1.82) is 0 Å². The zero-order chi connectivity index (χ0) is 18.1. The van der Waals surface area contributed by atoms with E-state index in [9.17, 15) is 9.59 Å². The largest absolute Gasteiger partial charge is 0.461 e. The molecule has 4 rings (SSSR count). The lowest BCUT2D eigenvalue weighted by Crippen LogP contribution is -2.58. The Hall–Kier alpha value is -2.62. The van der Waals surface area contributed by atoms with Crippen LogP contribution in [0.25, 0.3) is 0 Å². The maximum absolute atomic E-state index is 13.4. The molecule has 1 amide bonds. The fourth-order valence-corrected chi connectivity index (χ4v) is 4.44. The lowest BCUT2D eigenvalue weighted by molar-refractivity contribution is -0.177. The molecule has 0 N–H and O–H groups in total. The number of hydrogen-bond acceptors (Lipinski definition) is 3. The van der Waals surface area contributed by atoms with Gasteiger partial charge < -0.3 is 9.64 Å². The summed E-state index contributed by atoms with van der Waals surface area (Å²) in [6, 6.07) is 19.7. The fraction of sp³-hybridized carbons (Fsp3) is 0.364. The van der Waals surface area contributed by atoms with Crippen LogP contribution in [0.1, 0.15) is 36.9 Å². The molecule has 2 saturated heterocycles. The Balaban J connectivity index is 1.70. The van der Waals surface area contributed by atoms with Crippen LogP contribution in [0, 0.1) is 5.92 Å². The number of benzene rings is 2. The average Bonchev–Trinajstić information content (AvgIpc) is 2.98. The Bertz CT molecular complexity index is 805. The first-order valence-electron chi connectivity index (χ1n) is 9.25. The Morgan fingerprint density at radius 3 is 2.35 bits per heavy atom. The summed E-state index contributed by atoms with van der Waals surface area (Å²) in [4.78, 5) is 27.9. The molecule has 3 atom stereocenters. The maximum atomic E-state index is 13.4. The number of nitrogens with zero attached hydrogens (tertiary/aromatic N) is 1. The van der Waals surface area contributed by atoms with Crippen molar-refractivity contribution in [3.63, 3.8) is 0 Å². The molecular weight excluding hydrogens is 326 g/mol. The van der Waals surface area contributed by atoms with E-state index >= 15 is 0 Å². The van der Waals surface area contributed by atoms with Crippen LogP contribution in [-0.2, 0) is 20.7 Å². The number of cyclic esters (lactones) is 1. The predicted molar refractivity (Wildman–Crippen MR) is 98.3 cm³/mol. The highest BCUT2D eigenvalue weighted by Gasteiger charge is 2.60. The number of hydrogen-bond donors (Lipinski definition) is 0. The molecule has 134 valence electrons. The van der Waals surface area contributed by atoms with E-state index in [0.29, 0.717) is 19.3 Å². The van der Waals surface area contributed by atoms with Gasteiger partial charge in [-0.3, -0.25) is 4.79 Å². The first-order valence-corrected chi connectivity index (χ1v) is 9.25. The van der Waals surface area contributed by atoms with Gasteiger partial charge in [0.2, 0.25) is 5.91 Å². The van der Waals surface area contributed by atoms with Gasteiger partial charge >= 0.3 is 5.97 Å². The summed E-state index contributed by atoms with van der Waals surface area (Å²) < 4.78 is 5.57. The van der Waals surface area contributed by atoms with Crippen molar-refractivity contribution in [2.75, 3.05) is 6.61 Å². The summed E-state index contributed by atoms with van der Waals surface area (Å²) >= 11 is 0. The number of esters is 1. The summed E-state index contributed by atoms with van der Waals surface area (Å²) in [6.07, 6.45) is 1.76. The summed E-state index contributed by atoms with van der Waals surface area (Å²) in [5.74, 6) is -0.369. The van der Waals surface area contributed by atoms with Crippen molar-refractivity contribution in [2.45, 2.75) is 37.8 Å². The van der Waals surface area contributed by atoms with Crippen molar-refractivity contribution < 1.29 is 14.3 Å². The molecular formula is C22H23NO3. The van der Waals surface area contributed by atoms with Crippen LogP contribution < -0.4 is 0 Å². The molecule has 0 aliphatic carbocycles.